The zero-order chi connectivity index (χ0) is 22.1. The minimum atomic E-state index is -0.00441. The van der Waals surface area contributed by atoms with Crippen molar-refractivity contribution in [2.75, 3.05) is 32.2 Å². The van der Waals surface area contributed by atoms with E-state index in [4.69, 9.17) is 9.47 Å². The monoisotopic (exact) mass is 433 g/mol. The maximum Gasteiger partial charge on any atom is 0.251 e. The standard InChI is InChI=1S/C24H27N5O3/c1-15-11-18(4-5-19(15)24(30)26-17-7-9-29(2)10-8-17)25-23-13-20(27-28-23)16-3-6-21-22(12-16)32-14-31-21/h3-6,11-13,17H,7-10,14H2,1-2H3,(H,26,30)(H2,25,27,28). The molecule has 2 aliphatic heterocycles. The van der Waals surface area contributed by atoms with Gasteiger partial charge in [0.15, 0.2) is 11.5 Å². The predicted molar refractivity (Wildman–Crippen MR) is 123 cm³/mol. The number of fused-ring (bicyclic) bond motifs is 1. The predicted octanol–water partition coefficient (Wildman–Crippen LogP) is 3.68. The third-order valence-electron chi connectivity index (χ3n) is 6.05. The summed E-state index contributed by atoms with van der Waals surface area (Å²) in [6.07, 6.45) is 1.99. The summed E-state index contributed by atoms with van der Waals surface area (Å²) in [6.45, 7) is 4.24. The average molecular weight is 434 g/mol. The van der Waals surface area contributed by atoms with E-state index >= 15 is 0 Å². The summed E-state index contributed by atoms with van der Waals surface area (Å²) >= 11 is 0. The van der Waals surface area contributed by atoms with Gasteiger partial charge in [0.2, 0.25) is 6.79 Å². The van der Waals surface area contributed by atoms with E-state index in [0.717, 1.165) is 65.8 Å². The van der Waals surface area contributed by atoms with Gasteiger partial charge in [0.1, 0.15) is 5.82 Å². The molecule has 8 heteroatoms. The lowest BCUT2D eigenvalue weighted by atomic mass is 10.0. The molecule has 32 heavy (non-hydrogen) atoms. The number of nitrogens with one attached hydrogen (secondary N) is 3. The smallest absolute Gasteiger partial charge is 0.251 e. The Balaban J connectivity index is 1.24. The highest BCUT2D eigenvalue weighted by Crippen LogP contribution is 2.36. The zero-order valence-corrected chi connectivity index (χ0v) is 18.3. The first kappa shape index (κ1) is 20.4. The number of anilines is 2. The Kier molecular flexibility index (Phi) is 5.45. The number of carbonyl (C=O) groups excluding carboxylic acids is 1. The Hall–Kier alpha value is -3.52. The van der Waals surface area contributed by atoms with E-state index in [0.29, 0.717) is 5.56 Å². The van der Waals surface area contributed by atoms with E-state index in [1.54, 1.807) is 0 Å². The van der Waals surface area contributed by atoms with Crippen molar-refractivity contribution in [1.82, 2.24) is 20.4 Å². The SMILES string of the molecule is Cc1cc(Nc2cc(-c3ccc4c(c3)OCO4)n[nH]2)ccc1C(=O)NC1CCN(C)CC1. The molecule has 1 amide bonds. The van der Waals surface area contributed by atoms with Gasteiger partial charge < -0.3 is 25.0 Å². The van der Waals surface area contributed by atoms with Gasteiger partial charge in [0.05, 0.1) is 5.69 Å². The summed E-state index contributed by atoms with van der Waals surface area (Å²) in [4.78, 5) is 15.0. The van der Waals surface area contributed by atoms with Crippen molar-refractivity contribution in [2.45, 2.75) is 25.8 Å². The first-order valence-electron chi connectivity index (χ1n) is 10.9. The average Bonchev–Trinajstić information content (AvgIpc) is 3.44. The normalized spacial score (nSPS) is 16.2. The molecule has 0 bridgehead atoms. The number of nitrogens with zero attached hydrogens (tertiary/aromatic N) is 2. The topological polar surface area (TPSA) is 91.5 Å². The van der Waals surface area contributed by atoms with Crippen molar-refractivity contribution in [3.05, 3.63) is 53.6 Å². The van der Waals surface area contributed by atoms with Crippen molar-refractivity contribution in [3.8, 4) is 22.8 Å². The van der Waals surface area contributed by atoms with Crippen molar-refractivity contribution >= 4 is 17.4 Å². The number of benzene rings is 2. The second kappa shape index (κ2) is 8.55. The van der Waals surface area contributed by atoms with Crippen molar-refractivity contribution in [2.24, 2.45) is 0 Å². The number of aryl methyl sites for hydroxylation is 1. The molecule has 0 saturated carbocycles. The van der Waals surface area contributed by atoms with E-state index in [2.05, 4.69) is 32.8 Å². The summed E-state index contributed by atoms with van der Waals surface area (Å²) in [6, 6.07) is 13.7. The van der Waals surface area contributed by atoms with Crippen LogP contribution >= 0.6 is 0 Å². The van der Waals surface area contributed by atoms with Crippen LogP contribution in [0.4, 0.5) is 11.5 Å². The van der Waals surface area contributed by atoms with Crippen molar-refractivity contribution in [3.63, 3.8) is 0 Å². The maximum absolute atomic E-state index is 12.7. The summed E-state index contributed by atoms with van der Waals surface area (Å²) in [5.74, 6) is 2.23. The maximum atomic E-state index is 12.7. The molecule has 0 spiro atoms. The lowest BCUT2D eigenvalue weighted by Gasteiger charge is -2.29. The summed E-state index contributed by atoms with van der Waals surface area (Å²) < 4.78 is 10.8. The molecule has 0 radical (unpaired) electrons. The fourth-order valence-electron chi connectivity index (χ4n) is 4.16. The van der Waals surface area contributed by atoms with Gasteiger partial charge in [0, 0.05) is 28.9 Å². The summed E-state index contributed by atoms with van der Waals surface area (Å²) in [5, 5.41) is 13.9. The minimum absolute atomic E-state index is 0.00441. The summed E-state index contributed by atoms with van der Waals surface area (Å²) in [5.41, 5.74) is 4.27. The number of H-pyrrole nitrogens is 1. The number of carbonyl (C=O) groups is 1. The molecule has 3 aromatic rings. The van der Waals surface area contributed by atoms with E-state index in [9.17, 15) is 4.79 Å². The van der Waals surface area contributed by atoms with Crippen molar-refractivity contribution < 1.29 is 14.3 Å². The summed E-state index contributed by atoms with van der Waals surface area (Å²) in [7, 11) is 2.12. The first-order chi connectivity index (χ1) is 15.5. The molecule has 8 nitrogen and oxygen atoms in total. The van der Waals surface area contributed by atoms with E-state index < -0.39 is 0 Å². The molecule has 3 N–H and O–H groups in total. The molecule has 2 aromatic carbocycles. The number of rotatable bonds is 5. The molecule has 0 atom stereocenters. The molecule has 2 aliphatic rings. The van der Waals surface area contributed by atoms with Gasteiger partial charge in [-0.1, -0.05) is 0 Å². The second-order valence-corrected chi connectivity index (χ2v) is 8.44. The molecule has 1 saturated heterocycles. The van der Waals surface area contributed by atoms with E-state index in [1.165, 1.54) is 0 Å². The fourth-order valence-corrected chi connectivity index (χ4v) is 4.16. The Morgan fingerprint density at radius 1 is 1.09 bits per heavy atom. The quantitative estimate of drug-likeness (QED) is 0.569. The molecule has 3 heterocycles. The van der Waals surface area contributed by atoms with Gasteiger partial charge in [-0.15, -0.1) is 0 Å². The molecule has 0 unspecified atom stereocenters. The number of hydrogen-bond donors (Lipinski definition) is 3. The Labute approximate surface area is 186 Å². The molecule has 0 aliphatic carbocycles. The van der Waals surface area contributed by atoms with Gasteiger partial charge in [-0.25, -0.2) is 0 Å². The lowest BCUT2D eigenvalue weighted by molar-refractivity contribution is 0.0916. The highest BCUT2D eigenvalue weighted by molar-refractivity contribution is 5.96. The van der Waals surface area contributed by atoms with Crippen LogP contribution in [0.15, 0.2) is 42.5 Å². The van der Waals surface area contributed by atoms with Gasteiger partial charge in [-0.2, -0.15) is 5.10 Å². The van der Waals surface area contributed by atoms with Gasteiger partial charge in [-0.05, 0) is 81.9 Å². The lowest BCUT2D eigenvalue weighted by Crippen LogP contribution is -2.43. The first-order valence-corrected chi connectivity index (χ1v) is 10.9. The number of piperidine rings is 1. The van der Waals surface area contributed by atoms with Crippen LogP contribution in [0.1, 0.15) is 28.8 Å². The molecule has 1 aromatic heterocycles. The number of ether oxygens (including phenoxy) is 2. The number of hydrogen-bond acceptors (Lipinski definition) is 6. The third kappa shape index (κ3) is 4.27. The largest absolute Gasteiger partial charge is 0.454 e. The second-order valence-electron chi connectivity index (χ2n) is 8.44. The highest BCUT2D eigenvalue weighted by Gasteiger charge is 2.20. The third-order valence-corrected chi connectivity index (χ3v) is 6.05. The number of amides is 1. The Bertz CT molecular complexity index is 1130. The van der Waals surface area contributed by atoms with Gasteiger partial charge in [0.25, 0.3) is 5.91 Å². The Morgan fingerprint density at radius 2 is 1.91 bits per heavy atom. The highest BCUT2D eigenvalue weighted by atomic mass is 16.7. The van der Waals surface area contributed by atoms with Crippen LogP contribution in [0.25, 0.3) is 11.3 Å². The molecule has 5 rings (SSSR count). The van der Waals surface area contributed by atoms with Crippen LogP contribution < -0.4 is 20.1 Å². The number of aromatic amines is 1. The zero-order valence-electron chi connectivity index (χ0n) is 18.3. The Morgan fingerprint density at radius 3 is 2.72 bits per heavy atom. The van der Waals surface area contributed by atoms with Crippen LogP contribution in [0.5, 0.6) is 11.5 Å². The molecular weight excluding hydrogens is 406 g/mol. The molecular formula is C24H27N5O3. The molecule has 166 valence electrons. The number of likely N-dealkylation sites (tertiary alicyclic amines) is 1. The van der Waals surface area contributed by atoms with Crippen LogP contribution in [-0.4, -0.2) is 54.0 Å². The van der Waals surface area contributed by atoms with Crippen LogP contribution in [0.3, 0.4) is 0 Å². The fraction of sp³-hybridized carbons (Fsp3) is 0.333. The minimum Gasteiger partial charge on any atom is -0.454 e. The van der Waals surface area contributed by atoms with Gasteiger partial charge in [-0.3, -0.25) is 9.89 Å². The van der Waals surface area contributed by atoms with Gasteiger partial charge >= 0.3 is 0 Å². The van der Waals surface area contributed by atoms with Crippen molar-refractivity contribution in [1.29, 1.82) is 0 Å². The number of aromatic nitrogens is 2. The van der Waals surface area contributed by atoms with E-state index in [-0.39, 0.29) is 18.7 Å². The molecule has 1 fully saturated rings. The van der Waals surface area contributed by atoms with Crippen LogP contribution in [0.2, 0.25) is 0 Å². The van der Waals surface area contributed by atoms with Crippen LogP contribution in [0, 0.1) is 6.92 Å². The van der Waals surface area contributed by atoms with E-state index in [1.807, 2.05) is 49.4 Å². The van der Waals surface area contributed by atoms with Crippen LogP contribution in [-0.2, 0) is 0 Å².